The van der Waals surface area contributed by atoms with Gasteiger partial charge in [-0.25, -0.2) is 4.98 Å². The van der Waals surface area contributed by atoms with Gasteiger partial charge in [-0.05, 0) is 42.5 Å². The Kier molecular flexibility index (Phi) is 3.75. The molecule has 0 unspecified atom stereocenters. The molecule has 7 heteroatoms. The number of primary amides is 1. The van der Waals surface area contributed by atoms with E-state index < -0.39 is 5.91 Å². The van der Waals surface area contributed by atoms with Crippen molar-refractivity contribution >= 4 is 40.4 Å². The molecule has 0 saturated heterocycles. The lowest BCUT2D eigenvalue weighted by atomic mass is 10.1. The molecule has 0 aliphatic rings. The average molecular weight is 329 g/mol. The van der Waals surface area contributed by atoms with E-state index in [1.54, 1.807) is 23.7 Å². The molecule has 0 spiro atoms. The van der Waals surface area contributed by atoms with E-state index in [2.05, 4.69) is 10.3 Å². The van der Waals surface area contributed by atoms with E-state index in [-0.39, 0.29) is 5.91 Å². The van der Waals surface area contributed by atoms with E-state index in [1.807, 2.05) is 6.07 Å². The SMILES string of the molecule is Cn1c(NC(=O)c2ccc(C(N)=O)cc2)nc2cc(Cl)ccc21. The number of nitrogens with one attached hydrogen (secondary N) is 1. The number of hydrogen-bond acceptors (Lipinski definition) is 3. The Morgan fingerprint density at radius 1 is 1.13 bits per heavy atom. The number of nitrogens with zero attached hydrogens (tertiary/aromatic N) is 2. The largest absolute Gasteiger partial charge is 0.366 e. The lowest BCUT2D eigenvalue weighted by Gasteiger charge is -2.05. The number of rotatable bonds is 3. The first-order valence-corrected chi connectivity index (χ1v) is 7.16. The van der Waals surface area contributed by atoms with Crippen molar-refractivity contribution in [3.8, 4) is 0 Å². The summed E-state index contributed by atoms with van der Waals surface area (Å²) in [6.45, 7) is 0. The second-order valence-corrected chi connectivity index (χ2v) is 5.46. The Bertz CT molecular complexity index is 916. The normalized spacial score (nSPS) is 10.7. The van der Waals surface area contributed by atoms with Crippen molar-refractivity contribution in [2.45, 2.75) is 0 Å². The molecule has 0 aliphatic heterocycles. The van der Waals surface area contributed by atoms with Crippen LogP contribution in [-0.2, 0) is 7.05 Å². The topological polar surface area (TPSA) is 90.0 Å². The van der Waals surface area contributed by atoms with Crippen LogP contribution in [0.5, 0.6) is 0 Å². The van der Waals surface area contributed by atoms with Gasteiger partial charge in [0, 0.05) is 23.2 Å². The van der Waals surface area contributed by atoms with E-state index in [0.29, 0.717) is 27.6 Å². The molecule has 6 nitrogen and oxygen atoms in total. The number of hydrogen-bond donors (Lipinski definition) is 2. The fourth-order valence-corrected chi connectivity index (χ4v) is 2.41. The van der Waals surface area contributed by atoms with Gasteiger partial charge >= 0.3 is 0 Å². The molecular formula is C16H13ClN4O2. The minimum atomic E-state index is -0.538. The molecule has 3 N–H and O–H groups in total. The number of fused-ring (bicyclic) bond motifs is 1. The Morgan fingerprint density at radius 3 is 2.43 bits per heavy atom. The van der Waals surface area contributed by atoms with E-state index in [1.165, 1.54) is 24.3 Å². The molecule has 116 valence electrons. The monoisotopic (exact) mass is 328 g/mol. The summed E-state index contributed by atoms with van der Waals surface area (Å²) in [5.74, 6) is -0.457. The highest BCUT2D eigenvalue weighted by molar-refractivity contribution is 6.31. The van der Waals surface area contributed by atoms with Gasteiger partial charge in [0.2, 0.25) is 11.9 Å². The van der Waals surface area contributed by atoms with Crippen molar-refractivity contribution < 1.29 is 9.59 Å². The van der Waals surface area contributed by atoms with E-state index in [9.17, 15) is 9.59 Å². The van der Waals surface area contributed by atoms with Crippen LogP contribution in [0.15, 0.2) is 42.5 Å². The lowest BCUT2D eigenvalue weighted by Crippen LogP contribution is -2.16. The van der Waals surface area contributed by atoms with E-state index in [4.69, 9.17) is 17.3 Å². The molecule has 0 atom stereocenters. The van der Waals surface area contributed by atoms with Gasteiger partial charge in [-0.15, -0.1) is 0 Å². The molecule has 3 aromatic rings. The summed E-state index contributed by atoms with van der Waals surface area (Å²) in [6.07, 6.45) is 0. The smallest absolute Gasteiger partial charge is 0.257 e. The number of anilines is 1. The summed E-state index contributed by atoms with van der Waals surface area (Å²) < 4.78 is 1.77. The van der Waals surface area contributed by atoms with Crippen molar-refractivity contribution in [2.75, 3.05) is 5.32 Å². The second kappa shape index (κ2) is 5.73. The summed E-state index contributed by atoms with van der Waals surface area (Å²) >= 11 is 5.95. The maximum Gasteiger partial charge on any atom is 0.257 e. The fraction of sp³-hybridized carbons (Fsp3) is 0.0625. The van der Waals surface area contributed by atoms with Crippen LogP contribution in [0.25, 0.3) is 11.0 Å². The summed E-state index contributed by atoms with van der Waals surface area (Å²) in [6, 6.07) is 11.4. The average Bonchev–Trinajstić information content (AvgIpc) is 2.82. The number of amides is 2. The molecule has 1 heterocycles. The van der Waals surface area contributed by atoms with Crippen molar-refractivity contribution in [3.63, 3.8) is 0 Å². The van der Waals surface area contributed by atoms with Crippen molar-refractivity contribution in [2.24, 2.45) is 12.8 Å². The molecule has 0 saturated carbocycles. The van der Waals surface area contributed by atoms with Crippen molar-refractivity contribution in [3.05, 3.63) is 58.6 Å². The zero-order valence-corrected chi connectivity index (χ0v) is 13.0. The number of aromatic nitrogens is 2. The molecule has 2 aromatic carbocycles. The third-order valence-electron chi connectivity index (χ3n) is 3.50. The van der Waals surface area contributed by atoms with E-state index in [0.717, 1.165) is 5.52 Å². The highest BCUT2D eigenvalue weighted by atomic mass is 35.5. The number of benzene rings is 2. The molecule has 0 fully saturated rings. The van der Waals surface area contributed by atoms with Gasteiger partial charge in [0.1, 0.15) is 0 Å². The third kappa shape index (κ3) is 2.89. The van der Waals surface area contributed by atoms with Gasteiger partial charge < -0.3 is 10.3 Å². The number of halogens is 1. The van der Waals surface area contributed by atoms with Crippen LogP contribution in [0.1, 0.15) is 20.7 Å². The number of carbonyl (C=O) groups is 2. The first-order chi connectivity index (χ1) is 11.0. The number of imidazole rings is 1. The Hall–Kier alpha value is -2.86. The van der Waals surface area contributed by atoms with Gasteiger partial charge in [-0.3, -0.25) is 14.9 Å². The number of carbonyl (C=O) groups excluding carboxylic acids is 2. The standard InChI is InChI=1S/C16H13ClN4O2/c1-21-13-7-6-11(17)8-12(13)19-16(21)20-15(23)10-4-2-9(3-5-10)14(18)22/h2-8H,1H3,(H2,18,22)(H,19,20,23). The van der Waals surface area contributed by atoms with Crippen LogP contribution in [0.4, 0.5) is 5.95 Å². The Morgan fingerprint density at radius 2 is 1.78 bits per heavy atom. The first-order valence-electron chi connectivity index (χ1n) is 6.79. The number of nitrogens with two attached hydrogens (primary N) is 1. The maximum atomic E-state index is 12.3. The van der Waals surface area contributed by atoms with Gasteiger partial charge in [-0.2, -0.15) is 0 Å². The predicted molar refractivity (Wildman–Crippen MR) is 88.6 cm³/mol. The summed E-state index contributed by atoms with van der Waals surface area (Å²) in [7, 11) is 1.80. The Balaban J connectivity index is 1.87. The molecule has 0 bridgehead atoms. The van der Waals surface area contributed by atoms with Crippen LogP contribution in [0.2, 0.25) is 5.02 Å². The second-order valence-electron chi connectivity index (χ2n) is 5.02. The van der Waals surface area contributed by atoms with Crippen molar-refractivity contribution in [1.82, 2.24) is 9.55 Å². The third-order valence-corrected chi connectivity index (χ3v) is 3.73. The molecule has 1 aromatic heterocycles. The minimum Gasteiger partial charge on any atom is -0.366 e. The molecule has 0 aliphatic carbocycles. The molecule has 23 heavy (non-hydrogen) atoms. The zero-order chi connectivity index (χ0) is 16.6. The van der Waals surface area contributed by atoms with Crippen LogP contribution in [0, 0.1) is 0 Å². The Labute approximate surface area is 136 Å². The van der Waals surface area contributed by atoms with Crippen LogP contribution < -0.4 is 11.1 Å². The fourth-order valence-electron chi connectivity index (χ4n) is 2.24. The van der Waals surface area contributed by atoms with Crippen LogP contribution in [-0.4, -0.2) is 21.4 Å². The summed E-state index contributed by atoms with van der Waals surface area (Å²) in [4.78, 5) is 27.7. The highest BCUT2D eigenvalue weighted by Gasteiger charge is 2.13. The van der Waals surface area contributed by atoms with Crippen LogP contribution >= 0.6 is 11.6 Å². The molecule has 0 radical (unpaired) electrons. The first kappa shape index (κ1) is 15.1. The summed E-state index contributed by atoms with van der Waals surface area (Å²) in [5.41, 5.74) is 7.47. The van der Waals surface area contributed by atoms with Gasteiger partial charge in [0.15, 0.2) is 0 Å². The van der Waals surface area contributed by atoms with Crippen LogP contribution in [0.3, 0.4) is 0 Å². The van der Waals surface area contributed by atoms with Gasteiger partial charge in [-0.1, -0.05) is 11.6 Å². The molecular weight excluding hydrogens is 316 g/mol. The minimum absolute atomic E-state index is 0.328. The molecule has 2 amide bonds. The molecule has 3 rings (SSSR count). The van der Waals surface area contributed by atoms with Crippen molar-refractivity contribution in [1.29, 1.82) is 0 Å². The summed E-state index contributed by atoms with van der Waals surface area (Å²) in [5, 5.41) is 3.32. The quantitative estimate of drug-likeness (QED) is 0.774. The van der Waals surface area contributed by atoms with Gasteiger partial charge in [0.05, 0.1) is 11.0 Å². The zero-order valence-electron chi connectivity index (χ0n) is 12.2. The number of aryl methyl sites for hydroxylation is 1. The van der Waals surface area contributed by atoms with E-state index >= 15 is 0 Å². The van der Waals surface area contributed by atoms with Gasteiger partial charge in [0.25, 0.3) is 5.91 Å². The lowest BCUT2D eigenvalue weighted by molar-refractivity contribution is 0.0995. The highest BCUT2D eigenvalue weighted by Crippen LogP contribution is 2.22. The maximum absolute atomic E-state index is 12.3. The predicted octanol–water partition coefficient (Wildman–Crippen LogP) is 2.58.